The van der Waals surface area contributed by atoms with E-state index in [-0.39, 0.29) is 11.9 Å². The summed E-state index contributed by atoms with van der Waals surface area (Å²) in [5.41, 5.74) is 0.994. The quantitative estimate of drug-likeness (QED) is 0.845. The van der Waals surface area contributed by atoms with Gasteiger partial charge in [-0.05, 0) is 47.8 Å². The van der Waals surface area contributed by atoms with Crippen LogP contribution in [0, 0.1) is 11.7 Å². The third kappa shape index (κ3) is 3.95. The lowest BCUT2D eigenvalue weighted by molar-refractivity contribution is 0.389. The summed E-state index contributed by atoms with van der Waals surface area (Å²) in [4.78, 5) is 0. The fourth-order valence-corrected chi connectivity index (χ4v) is 2.31. The Morgan fingerprint density at radius 2 is 2.00 bits per heavy atom. The van der Waals surface area contributed by atoms with Gasteiger partial charge in [0.15, 0.2) is 0 Å². The smallest absolute Gasteiger partial charge is 0.141 e. The van der Waals surface area contributed by atoms with Crippen molar-refractivity contribution < 1.29 is 9.13 Å². The molecule has 4 heteroatoms. The average Bonchev–Trinajstić information content (AvgIpc) is 2.33. The molecule has 1 aromatic carbocycles. The molecule has 1 N–H and O–H groups in total. The van der Waals surface area contributed by atoms with Gasteiger partial charge >= 0.3 is 0 Å². The van der Waals surface area contributed by atoms with Crippen molar-refractivity contribution in [1.82, 2.24) is 5.32 Å². The molecular weight excluding hydrogens is 297 g/mol. The summed E-state index contributed by atoms with van der Waals surface area (Å²) in [6, 6.07) is 3.41. The Morgan fingerprint density at radius 3 is 2.50 bits per heavy atom. The van der Waals surface area contributed by atoms with Gasteiger partial charge in [0.25, 0.3) is 0 Å². The molecular formula is C14H21BrFNO. The van der Waals surface area contributed by atoms with Crippen molar-refractivity contribution in [2.45, 2.75) is 32.7 Å². The van der Waals surface area contributed by atoms with Crippen LogP contribution in [0.3, 0.4) is 0 Å². The minimum absolute atomic E-state index is 0.180. The summed E-state index contributed by atoms with van der Waals surface area (Å²) < 4.78 is 19.2. The van der Waals surface area contributed by atoms with Gasteiger partial charge in [0.05, 0.1) is 11.6 Å². The van der Waals surface area contributed by atoms with Crippen LogP contribution in [-0.2, 0) is 0 Å². The highest BCUT2D eigenvalue weighted by molar-refractivity contribution is 9.10. The fourth-order valence-electron chi connectivity index (χ4n) is 1.95. The van der Waals surface area contributed by atoms with Gasteiger partial charge in [0.1, 0.15) is 11.6 Å². The van der Waals surface area contributed by atoms with Crippen LogP contribution in [0.25, 0.3) is 0 Å². The molecule has 0 amide bonds. The summed E-state index contributed by atoms with van der Waals surface area (Å²) in [6.45, 7) is 4.40. The zero-order chi connectivity index (χ0) is 13.7. The first-order valence-electron chi connectivity index (χ1n) is 6.19. The lowest BCUT2D eigenvalue weighted by Crippen LogP contribution is -2.18. The van der Waals surface area contributed by atoms with Gasteiger partial charge in [0, 0.05) is 17.7 Å². The molecule has 0 saturated carbocycles. The topological polar surface area (TPSA) is 21.3 Å². The van der Waals surface area contributed by atoms with Crippen molar-refractivity contribution in [2.24, 2.45) is 5.92 Å². The molecule has 0 aliphatic heterocycles. The van der Waals surface area contributed by atoms with E-state index in [2.05, 4.69) is 35.1 Å². The maximum absolute atomic E-state index is 13.5. The van der Waals surface area contributed by atoms with E-state index in [1.54, 1.807) is 13.2 Å². The summed E-state index contributed by atoms with van der Waals surface area (Å²) in [7, 11) is 3.49. The highest BCUT2D eigenvalue weighted by Gasteiger charge is 2.17. The van der Waals surface area contributed by atoms with Gasteiger partial charge in [-0.15, -0.1) is 0 Å². The van der Waals surface area contributed by atoms with Crippen molar-refractivity contribution in [3.05, 3.63) is 28.0 Å². The van der Waals surface area contributed by atoms with E-state index < -0.39 is 0 Å². The minimum Gasteiger partial charge on any atom is -0.496 e. The molecule has 102 valence electrons. The highest BCUT2D eigenvalue weighted by atomic mass is 79.9. The van der Waals surface area contributed by atoms with E-state index in [0.29, 0.717) is 16.1 Å². The summed E-state index contributed by atoms with van der Waals surface area (Å²) in [6.07, 6.45) is 2.12. The largest absolute Gasteiger partial charge is 0.496 e. The van der Waals surface area contributed by atoms with Gasteiger partial charge in [-0.3, -0.25) is 0 Å². The normalized spacial score (nSPS) is 12.8. The van der Waals surface area contributed by atoms with Crippen molar-refractivity contribution in [3.63, 3.8) is 0 Å². The summed E-state index contributed by atoms with van der Waals surface area (Å²) >= 11 is 3.23. The van der Waals surface area contributed by atoms with Crippen molar-refractivity contribution in [2.75, 3.05) is 14.2 Å². The maximum atomic E-state index is 13.5. The highest BCUT2D eigenvalue weighted by Crippen LogP contribution is 2.33. The SMILES string of the molecule is CNC(CCC(C)C)c1cc(Br)c(F)cc1OC. The number of benzene rings is 1. The Morgan fingerprint density at radius 1 is 1.33 bits per heavy atom. The molecule has 0 aromatic heterocycles. The van der Waals surface area contributed by atoms with Crippen LogP contribution in [0.1, 0.15) is 38.3 Å². The monoisotopic (exact) mass is 317 g/mol. The van der Waals surface area contributed by atoms with Crippen molar-refractivity contribution in [3.8, 4) is 5.75 Å². The molecule has 0 fully saturated rings. The number of nitrogens with one attached hydrogen (secondary N) is 1. The predicted molar refractivity (Wildman–Crippen MR) is 76.5 cm³/mol. The molecule has 0 saturated heterocycles. The van der Waals surface area contributed by atoms with Crippen LogP contribution >= 0.6 is 15.9 Å². The van der Waals surface area contributed by atoms with E-state index in [9.17, 15) is 4.39 Å². The van der Waals surface area contributed by atoms with Crippen molar-refractivity contribution in [1.29, 1.82) is 0 Å². The Hall–Kier alpha value is -0.610. The number of hydrogen-bond donors (Lipinski definition) is 1. The standard InChI is InChI=1S/C14H21BrFNO/c1-9(2)5-6-13(17-3)10-7-11(15)12(16)8-14(10)18-4/h7-9,13,17H,5-6H2,1-4H3. The number of hydrogen-bond acceptors (Lipinski definition) is 2. The van der Waals surface area contributed by atoms with Crippen LogP contribution < -0.4 is 10.1 Å². The predicted octanol–water partition coefficient (Wildman–Crippen LogP) is 4.29. The molecule has 0 aliphatic carbocycles. The van der Waals surface area contributed by atoms with Gasteiger partial charge in [0.2, 0.25) is 0 Å². The Bertz CT molecular complexity index is 396. The number of methoxy groups -OCH3 is 1. The number of rotatable bonds is 6. The van der Waals surface area contributed by atoms with E-state index in [1.807, 2.05) is 7.05 Å². The zero-order valence-electron chi connectivity index (χ0n) is 11.4. The van der Waals surface area contributed by atoms with Gasteiger partial charge in [-0.2, -0.15) is 0 Å². The lowest BCUT2D eigenvalue weighted by atomic mass is 9.97. The second-order valence-electron chi connectivity index (χ2n) is 4.82. The first-order valence-corrected chi connectivity index (χ1v) is 6.99. The molecule has 0 aliphatic rings. The molecule has 18 heavy (non-hydrogen) atoms. The number of ether oxygens (including phenoxy) is 1. The van der Waals surface area contributed by atoms with Gasteiger partial charge in [-0.1, -0.05) is 13.8 Å². The Kier molecular flexibility index (Phi) is 6.09. The van der Waals surface area contributed by atoms with E-state index in [0.717, 1.165) is 18.4 Å². The second kappa shape index (κ2) is 7.10. The third-order valence-corrected chi connectivity index (χ3v) is 3.64. The van der Waals surface area contributed by atoms with Crippen LogP contribution in [-0.4, -0.2) is 14.2 Å². The van der Waals surface area contributed by atoms with Gasteiger partial charge in [-0.25, -0.2) is 4.39 Å². The molecule has 1 atom stereocenters. The van der Waals surface area contributed by atoms with E-state index in [1.165, 1.54) is 6.07 Å². The molecule has 0 bridgehead atoms. The lowest BCUT2D eigenvalue weighted by Gasteiger charge is -2.20. The average molecular weight is 318 g/mol. The summed E-state index contributed by atoms with van der Waals surface area (Å²) in [5, 5.41) is 3.27. The number of halogens is 2. The Labute approximate surface area is 117 Å². The summed E-state index contributed by atoms with van der Waals surface area (Å²) in [5.74, 6) is 0.948. The Balaban J connectivity index is 3.00. The van der Waals surface area contributed by atoms with Crippen LogP contribution in [0.2, 0.25) is 0 Å². The van der Waals surface area contributed by atoms with Gasteiger partial charge < -0.3 is 10.1 Å². The maximum Gasteiger partial charge on any atom is 0.141 e. The molecule has 1 aromatic rings. The first kappa shape index (κ1) is 15.4. The molecule has 1 unspecified atom stereocenters. The molecule has 0 spiro atoms. The van der Waals surface area contributed by atoms with Crippen molar-refractivity contribution >= 4 is 15.9 Å². The van der Waals surface area contributed by atoms with Crippen LogP contribution in [0.15, 0.2) is 16.6 Å². The third-order valence-electron chi connectivity index (χ3n) is 3.03. The minimum atomic E-state index is -0.297. The molecule has 2 nitrogen and oxygen atoms in total. The van der Waals surface area contributed by atoms with E-state index >= 15 is 0 Å². The van der Waals surface area contributed by atoms with Crippen LogP contribution in [0.5, 0.6) is 5.75 Å². The fraction of sp³-hybridized carbons (Fsp3) is 0.571. The molecule has 0 radical (unpaired) electrons. The second-order valence-corrected chi connectivity index (χ2v) is 5.68. The van der Waals surface area contributed by atoms with E-state index in [4.69, 9.17) is 4.74 Å². The zero-order valence-corrected chi connectivity index (χ0v) is 13.0. The molecule has 1 rings (SSSR count). The molecule has 0 heterocycles. The van der Waals surface area contributed by atoms with Crippen LogP contribution in [0.4, 0.5) is 4.39 Å². The first-order chi connectivity index (χ1) is 8.49.